The van der Waals surface area contributed by atoms with Crippen molar-refractivity contribution in [3.05, 3.63) is 0 Å². The molecule has 0 aromatic rings. The number of hydrogen-bond donors (Lipinski definition) is 3. The van der Waals surface area contributed by atoms with Crippen molar-refractivity contribution in [2.45, 2.75) is 57.6 Å². The Morgan fingerprint density at radius 2 is 1.82 bits per heavy atom. The van der Waals surface area contributed by atoms with Gasteiger partial charge in [0.15, 0.2) is 0 Å². The molecule has 0 heterocycles. The molecular formula is C15H27NO5S. The van der Waals surface area contributed by atoms with E-state index in [1.165, 1.54) is 0 Å². The van der Waals surface area contributed by atoms with Crippen LogP contribution in [0.25, 0.3) is 0 Å². The van der Waals surface area contributed by atoms with E-state index in [1.54, 1.807) is 0 Å². The number of carboxylic acid groups (broad SMARTS) is 2. The fourth-order valence-corrected chi connectivity index (χ4v) is 3.05. The summed E-state index contributed by atoms with van der Waals surface area (Å²) in [5.41, 5.74) is 0. The molecule has 0 spiro atoms. The highest BCUT2D eigenvalue weighted by atomic mass is 32.2. The van der Waals surface area contributed by atoms with Crippen molar-refractivity contribution in [3.8, 4) is 0 Å². The molecule has 2 atom stereocenters. The quantitative estimate of drug-likeness (QED) is 0.478. The zero-order valence-electron chi connectivity index (χ0n) is 13.3. The molecule has 0 fully saturated rings. The number of carboxylic acids is 2. The van der Waals surface area contributed by atoms with E-state index in [4.69, 9.17) is 10.2 Å². The lowest BCUT2D eigenvalue weighted by Crippen LogP contribution is -2.37. The van der Waals surface area contributed by atoms with Crippen LogP contribution in [0.4, 0.5) is 0 Å². The summed E-state index contributed by atoms with van der Waals surface area (Å²) >= 11 is 1.09. The summed E-state index contributed by atoms with van der Waals surface area (Å²) in [4.78, 5) is 33.4. The summed E-state index contributed by atoms with van der Waals surface area (Å²) in [5.74, 6) is -1.69. The number of rotatable bonds is 13. The van der Waals surface area contributed by atoms with Crippen LogP contribution in [-0.4, -0.2) is 45.6 Å². The van der Waals surface area contributed by atoms with E-state index in [2.05, 4.69) is 19.2 Å². The number of aliphatic carboxylic acids is 2. The van der Waals surface area contributed by atoms with E-state index in [0.717, 1.165) is 37.4 Å². The van der Waals surface area contributed by atoms with E-state index >= 15 is 0 Å². The Balaban J connectivity index is 4.35. The molecular weight excluding hydrogens is 306 g/mol. The van der Waals surface area contributed by atoms with Gasteiger partial charge in [0.05, 0.1) is 18.1 Å². The number of carbonyl (C=O) groups excluding carboxylic acids is 1. The van der Waals surface area contributed by atoms with Gasteiger partial charge < -0.3 is 15.5 Å². The summed E-state index contributed by atoms with van der Waals surface area (Å²) < 4.78 is 0. The molecule has 3 N–H and O–H groups in total. The number of amides is 1. The second kappa shape index (κ2) is 12.3. The number of hydrogen-bond acceptors (Lipinski definition) is 4. The first-order valence-corrected chi connectivity index (χ1v) is 8.78. The molecule has 2 unspecified atom stereocenters. The molecule has 0 aliphatic carbocycles. The van der Waals surface area contributed by atoms with Gasteiger partial charge in [-0.05, 0) is 12.3 Å². The Morgan fingerprint density at radius 3 is 2.32 bits per heavy atom. The molecule has 0 radical (unpaired) electrons. The van der Waals surface area contributed by atoms with Gasteiger partial charge in [-0.2, -0.15) is 0 Å². The van der Waals surface area contributed by atoms with Gasteiger partial charge in [0.25, 0.3) is 0 Å². The monoisotopic (exact) mass is 333 g/mol. The van der Waals surface area contributed by atoms with Crippen LogP contribution in [0.2, 0.25) is 0 Å². The maximum atomic E-state index is 12.1. The van der Waals surface area contributed by atoms with Crippen LogP contribution in [0.1, 0.15) is 52.4 Å². The topological polar surface area (TPSA) is 104 Å². The largest absolute Gasteiger partial charge is 0.481 e. The van der Waals surface area contributed by atoms with Crippen molar-refractivity contribution >= 4 is 29.6 Å². The first kappa shape index (κ1) is 20.8. The van der Waals surface area contributed by atoms with Gasteiger partial charge in [0, 0.05) is 12.3 Å². The summed E-state index contributed by atoms with van der Waals surface area (Å²) in [6.07, 6.45) is 3.86. The molecule has 22 heavy (non-hydrogen) atoms. The summed E-state index contributed by atoms with van der Waals surface area (Å²) in [6, 6.07) is 0. The maximum Gasteiger partial charge on any atom is 0.305 e. The zero-order valence-corrected chi connectivity index (χ0v) is 14.2. The Bertz CT molecular complexity index is 362. The predicted molar refractivity (Wildman–Crippen MR) is 87.1 cm³/mol. The number of thioether (sulfide) groups is 1. The Morgan fingerprint density at radius 1 is 1.14 bits per heavy atom. The van der Waals surface area contributed by atoms with Crippen molar-refractivity contribution in [3.63, 3.8) is 0 Å². The molecule has 0 aromatic carbocycles. The molecule has 1 amide bonds. The van der Waals surface area contributed by atoms with Crippen molar-refractivity contribution < 1.29 is 24.6 Å². The minimum atomic E-state index is -1.05. The molecule has 0 saturated carbocycles. The van der Waals surface area contributed by atoms with Crippen molar-refractivity contribution in [2.75, 3.05) is 12.3 Å². The molecule has 0 bridgehead atoms. The fraction of sp³-hybridized carbons (Fsp3) is 0.800. The smallest absolute Gasteiger partial charge is 0.305 e. The highest BCUT2D eigenvalue weighted by Gasteiger charge is 2.23. The molecule has 0 rings (SSSR count). The van der Waals surface area contributed by atoms with Crippen molar-refractivity contribution in [2.24, 2.45) is 5.92 Å². The Labute approximate surface area is 136 Å². The predicted octanol–water partition coefficient (Wildman–Crippen LogP) is 2.37. The minimum Gasteiger partial charge on any atom is -0.481 e. The van der Waals surface area contributed by atoms with Crippen molar-refractivity contribution in [1.29, 1.82) is 0 Å². The van der Waals surface area contributed by atoms with Gasteiger partial charge in [0.1, 0.15) is 0 Å². The summed E-state index contributed by atoms with van der Waals surface area (Å²) in [6.45, 7) is 4.74. The average molecular weight is 333 g/mol. The molecule has 128 valence electrons. The standard InChI is InChI=1S/C15H27NO5S/c1-3-5-6-11(4-2)10-16-15(21)12(9-14(19)20)22-8-7-13(17)18/h11-12H,3-10H2,1-2H3,(H,16,21)(H,17,18)(H,19,20). The normalized spacial score (nSPS) is 13.4. The van der Waals surface area contributed by atoms with Gasteiger partial charge in [-0.15, -0.1) is 11.8 Å². The molecule has 7 heteroatoms. The van der Waals surface area contributed by atoms with Crippen molar-refractivity contribution in [1.82, 2.24) is 5.32 Å². The number of nitrogens with one attached hydrogen (secondary N) is 1. The van der Waals surface area contributed by atoms with E-state index in [0.29, 0.717) is 12.5 Å². The molecule has 6 nitrogen and oxygen atoms in total. The second-order valence-corrected chi connectivity index (χ2v) is 6.57. The highest BCUT2D eigenvalue weighted by Crippen LogP contribution is 2.17. The lowest BCUT2D eigenvalue weighted by molar-refractivity contribution is -0.138. The zero-order chi connectivity index (χ0) is 17.0. The Kier molecular flexibility index (Phi) is 11.6. The van der Waals surface area contributed by atoms with Gasteiger partial charge in [-0.3, -0.25) is 14.4 Å². The first-order valence-electron chi connectivity index (χ1n) is 7.73. The first-order chi connectivity index (χ1) is 10.4. The van der Waals surface area contributed by atoms with E-state index < -0.39 is 17.2 Å². The third-order valence-electron chi connectivity index (χ3n) is 3.40. The van der Waals surface area contributed by atoms with Crippen LogP contribution in [0.3, 0.4) is 0 Å². The summed E-state index contributed by atoms with van der Waals surface area (Å²) in [5, 5.41) is 19.6. The lowest BCUT2D eigenvalue weighted by Gasteiger charge is -2.18. The van der Waals surface area contributed by atoms with E-state index in [1.807, 2.05) is 0 Å². The third kappa shape index (κ3) is 10.5. The van der Waals surface area contributed by atoms with Gasteiger partial charge in [0.2, 0.25) is 5.91 Å². The minimum absolute atomic E-state index is 0.0812. The van der Waals surface area contributed by atoms with Crippen LogP contribution >= 0.6 is 11.8 Å². The average Bonchev–Trinajstić information content (AvgIpc) is 2.45. The van der Waals surface area contributed by atoms with Crippen LogP contribution in [0.15, 0.2) is 0 Å². The van der Waals surface area contributed by atoms with Gasteiger partial charge >= 0.3 is 11.9 Å². The van der Waals surface area contributed by atoms with Crippen LogP contribution < -0.4 is 5.32 Å². The molecule has 0 saturated heterocycles. The van der Waals surface area contributed by atoms with Gasteiger partial charge in [-0.25, -0.2) is 0 Å². The number of carbonyl (C=O) groups is 3. The fourth-order valence-electron chi connectivity index (χ4n) is 1.98. The molecule has 0 aromatic heterocycles. The highest BCUT2D eigenvalue weighted by molar-refractivity contribution is 8.00. The maximum absolute atomic E-state index is 12.1. The second-order valence-electron chi connectivity index (χ2n) is 5.26. The van der Waals surface area contributed by atoms with Gasteiger partial charge in [-0.1, -0.05) is 33.1 Å². The van der Waals surface area contributed by atoms with E-state index in [-0.39, 0.29) is 24.5 Å². The Hall–Kier alpha value is -1.24. The SMILES string of the molecule is CCCCC(CC)CNC(=O)C(CC(=O)O)SCCC(=O)O. The van der Waals surface area contributed by atoms with Crippen LogP contribution in [0, 0.1) is 5.92 Å². The molecule has 0 aliphatic heterocycles. The molecule has 0 aliphatic rings. The number of unbranched alkanes of at least 4 members (excludes halogenated alkanes) is 1. The van der Waals surface area contributed by atoms with Crippen LogP contribution in [-0.2, 0) is 14.4 Å². The lowest BCUT2D eigenvalue weighted by atomic mass is 9.99. The van der Waals surface area contributed by atoms with E-state index in [9.17, 15) is 14.4 Å². The third-order valence-corrected chi connectivity index (χ3v) is 4.62. The van der Waals surface area contributed by atoms with Crippen LogP contribution in [0.5, 0.6) is 0 Å². The summed E-state index contributed by atoms with van der Waals surface area (Å²) in [7, 11) is 0.